The van der Waals surface area contributed by atoms with Gasteiger partial charge in [-0.05, 0) is 6.07 Å². The Hall–Kier alpha value is -1.13. The number of fused-ring (bicyclic) bond motifs is 1. The Balaban J connectivity index is 0.00000112. The molecule has 3 nitrogen and oxygen atoms in total. The molecule has 0 atom stereocenters. The zero-order valence-electron chi connectivity index (χ0n) is 7.70. The van der Waals surface area contributed by atoms with Crippen molar-refractivity contribution in [3.05, 3.63) is 29.4 Å². The predicted octanol–water partition coefficient (Wildman–Crippen LogP) is 2.85. The number of methoxy groups -OCH3 is 1. The molecule has 0 N–H and O–H groups in total. The molecule has 0 bridgehead atoms. The molecule has 0 saturated heterocycles. The Labute approximate surface area is 96.7 Å². The molecule has 0 spiro atoms. The van der Waals surface area contributed by atoms with Gasteiger partial charge in [-0.25, -0.2) is 14.4 Å². The van der Waals surface area contributed by atoms with Crippen LogP contribution >= 0.6 is 24.0 Å². The van der Waals surface area contributed by atoms with Crippen LogP contribution in [0.4, 0.5) is 4.39 Å². The number of rotatable bonds is 1. The van der Waals surface area contributed by atoms with Crippen LogP contribution in [0.2, 0.25) is 5.15 Å². The van der Waals surface area contributed by atoms with Crippen LogP contribution in [0.1, 0.15) is 0 Å². The Morgan fingerprint density at radius 1 is 1.33 bits per heavy atom. The van der Waals surface area contributed by atoms with Gasteiger partial charge >= 0.3 is 0 Å². The molecule has 0 unspecified atom stereocenters. The van der Waals surface area contributed by atoms with Crippen molar-refractivity contribution in [2.75, 3.05) is 7.11 Å². The fourth-order valence-electron chi connectivity index (χ4n) is 1.18. The van der Waals surface area contributed by atoms with Crippen LogP contribution in [0.3, 0.4) is 0 Å². The number of aromatic nitrogens is 2. The molecule has 1 heterocycles. The van der Waals surface area contributed by atoms with Crippen molar-refractivity contribution >= 4 is 34.9 Å². The minimum atomic E-state index is -0.475. The van der Waals surface area contributed by atoms with E-state index in [1.54, 1.807) is 0 Å². The summed E-state index contributed by atoms with van der Waals surface area (Å²) in [4.78, 5) is 7.70. The maximum absolute atomic E-state index is 13.3. The Morgan fingerprint density at radius 2 is 2.07 bits per heavy atom. The van der Waals surface area contributed by atoms with E-state index < -0.39 is 5.82 Å². The number of hydrogen-bond donors (Lipinski definition) is 0. The van der Waals surface area contributed by atoms with Crippen LogP contribution in [0.15, 0.2) is 18.5 Å². The van der Waals surface area contributed by atoms with Crippen LogP contribution in [0.5, 0.6) is 5.75 Å². The van der Waals surface area contributed by atoms with E-state index in [9.17, 15) is 4.39 Å². The van der Waals surface area contributed by atoms with Crippen LogP contribution < -0.4 is 4.74 Å². The molecule has 0 aliphatic heterocycles. The van der Waals surface area contributed by atoms with Crippen molar-refractivity contribution in [3.63, 3.8) is 0 Å². The fraction of sp³-hybridized carbons (Fsp3) is 0.111. The summed E-state index contributed by atoms with van der Waals surface area (Å²) in [5.41, 5.74) is 0.559. The van der Waals surface area contributed by atoms with Crippen LogP contribution in [0.25, 0.3) is 10.9 Å². The van der Waals surface area contributed by atoms with Gasteiger partial charge in [0.15, 0.2) is 11.6 Å². The van der Waals surface area contributed by atoms with Crippen molar-refractivity contribution in [1.29, 1.82) is 0 Å². The first-order valence-electron chi connectivity index (χ1n) is 3.86. The third-order valence-corrected chi connectivity index (χ3v) is 2.16. The average molecular weight is 249 g/mol. The molecular weight excluding hydrogens is 242 g/mol. The van der Waals surface area contributed by atoms with Crippen molar-refractivity contribution in [1.82, 2.24) is 9.97 Å². The van der Waals surface area contributed by atoms with Gasteiger partial charge in [0.05, 0.1) is 12.6 Å². The highest BCUT2D eigenvalue weighted by Gasteiger charge is 2.08. The first kappa shape index (κ1) is 11.9. The summed E-state index contributed by atoms with van der Waals surface area (Å²) in [5.74, 6) is -0.330. The second-order valence-corrected chi connectivity index (χ2v) is 3.03. The lowest BCUT2D eigenvalue weighted by atomic mass is 10.2. The lowest BCUT2D eigenvalue weighted by Gasteiger charge is -2.03. The number of ether oxygens (including phenoxy) is 1. The largest absolute Gasteiger partial charge is 0.494 e. The summed E-state index contributed by atoms with van der Waals surface area (Å²) < 4.78 is 18.1. The standard InChI is InChI=1S/C9H6ClFN2O.ClH/c1-14-8-3-7-5(2-6(8)11)9(10)13-4-12-7;/h2-4H,1H3;1H. The van der Waals surface area contributed by atoms with Gasteiger partial charge in [-0.1, -0.05) is 11.6 Å². The minimum absolute atomic E-state index is 0. The molecule has 2 aromatic rings. The third kappa shape index (κ3) is 2.11. The van der Waals surface area contributed by atoms with Gasteiger partial charge in [0.1, 0.15) is 11.5 Å². The SMILES string of the molecule is COc1cc2ncnc(Cl)c2cc1F.Cl. The number of halogens is 3. The van der Waals surface area contributed by atoms with E-state index in [1.807, 2.05) is 0 Å². The first-order valence-corrected chi connectivity index (χ1v) is 4.24. The first-order chi connectivity index (χ1) is 6.72. The maximum Gasteiger partial charge on any atom is 0.165 e. The Morgan fingerprint density at radius 3 is 2.73 bits per heavy atom. The van der Waals surface area contributed by atoms with E-state index in [-0.39, 0.29) is 23.3 Å². The molecule has 2 rings (SSSR count). The quantitative estimate of drug-likeness (QED) is 0.729. The van der Waals surface area contributed by atoms with Crippen molar-refractivity contribution in [2.45, 2.75) is 0 Å². The Kier molecular flexibility index (Phi) is 3.66. The summed E-state index contributed by atoms with van der Waals surface area (Å²) in [6, 6.07) is 2.74. The minimum Gasteiger partial charge on any atom is -0.494 e. The van der Waals surface area contributed by atoms with Crippen LogP contribution in [-0.4, -0.2) is 17.1 Å². The number of benzene rings is 1. The zero-order valence-corrected chi connectivity index (χ0v) is 9.27. The molecular formula is C9H7Cl2FN2O. The van der Waals surface area contributed by atoms with Gasteiger partial charge in [-0.15, -0.1) is 12.4 Å². The van der Waals surface area contributed by atoms with E-state index in [0.717, 1.165) is 0 Å². The van der Waals surface area contributed by atoms with Gasteiger partial charge in [0.2, 0.25) is 0 Å². The molecule has 0 radical (unpaired) electrons. The summed E-state index contributed by atoms with van der Waals surface area (Å²) in [5, 5.41) is 0.712. The lowest BCUT2D eigenvalue weighted by Crippen LogP contribution is -1.90. The molecule has 80 valence electrons. The van der Waals surface area contributed by atoms with E-state index in [1.165, 1.54) is 25.6 Å². The molecule has 0 aliphatic rings. The van der Waals surface area contributed by atoms with Gasteiger partial charge < -0.3 is 4.74 Å². The zero-order chi connectivity index (χ0) is 10.1. The molecule has 15 heavy (non-hydrogen) atoms. The van der Waals surface area contributed by atoms with Gasteiger partial charge in [-0.2, -0.15) is 0 Å². The molecule has 1 aromatic heterocycles. The van der Waals surface area contributed by atoms with Crippen molar-refractivity contribution in [2.24, 2.45) is 0 Å². The third-order valence-electron chi connectivity index (χ3n) is 1.86. The lowest BCUT2D eigenvalue weighted by molar-refractivity contribution is 0.387. The smallest absolute Gasteiger partial charge is 0.165 e. The highest BCUT2D eigenvalue weighted by molar-refractivity contribution is 6.34. The van der Waals surface area contributed by atoms with Crippen LogP contribution in [-0.2, 0) is 0 Å². The van der Waals surface area contributed by atoms with E-state index in [2.05, 4.69) is 9.97 Å². The second-order valence-electron chi connectivity index (χ2n) is 2.67. The van der Waals surface area contributed by atoms with Crippen molar-refractivity contribution < 1.29 is 9.13 Å². The fourth-order valence-corrected chi connectivity index (χ4v) is 1.38. The average Bonchev–Trinajstić information content (AvgIpc) is 2.19. The second kappa shape index (κ2) is 4.59. The van der Waals surface area contributed by atoms with E-state index in [0.29, 0.717) is 10.9 Å². The molecule has 0 amide bonds. The maximum atomic E-state index is 13.3. The summed E-state index contributed by atoms with van der Waals surface area (Å²) in [6.45, 7) is 0. The Bertz CT molecular complexity index is 493. The monoisotopic (exact) mass is 248 g/mol. The molecule has 1 aromatic carbocycles. The molecule has 0 aliphatic carbocycles. The topological polar surface area (TPSA) is 35.0 Å². The number of nitrogens with zero attached hydrogens (tertiary/aromatic N) is 2. The summed E-state index contributed by atoms with van der Waals surface area (Å²) in [6.07, 6.45) is 1.32. The highest BCUT2D eigenvalue weighted by atomic mass is 35.5. The number of hydrogen-bond acceptors (Lipinski definition) is 3. The van der Waals surface area contributed by atoms with Gasteiger partial charge in [-0.3, -0.25) is 0 Å². The normalized spacial score (nSPS) is 9.80. The van der Waals surface area contributed by atoms with E-state index >= 15 is 0 Å². The molecule has 0 saturated carbocycles. The molecule has 0 fully saturated rings. The predicted molar refractivity (Wildman–Crippen MR) is 58.3 cm³/mol. The summed E-state index contributed by atoms with van der Waals surface area (Å²) >= 11 is 5.77. The highest BCUT2D eigenvalue weighted by Crippen LogP contribution is 2.26. The van der Waals surface area contributed by atoms with Crippen LogP contribution in [0, 0.1) is 5.82 Å². The van der Waals surface area contributed by atoms with Gasteiger partial charge in [0, 0.05) is 11.5 Å². The van der Waals surface area contributed by atoms with Crippen molar-refractivity contribution in [3.8, 4) is 5.75 Å². The summed E-state index contributed by atoms with van der Waals surface area (Å²) in [7, 11) is 1.40. The van der Waals surface area contributed by atoms with Gasteiger partial charge in [0.25, 0.3) is 0 Å². The van der Waals surface area contributed by atoms with E-state index in [4.69, 9.17) is 16.3 Å². The molecule has 6 heteroatoms.